The summed E-state index contributed by atoms with van der Waals surface area (Å²) in [5.74, 6) is -0.513. The molecule has 2 N–H and O–H groups in total. The average molecular weight is 394 g/mol. The monoisotopic (exact) mass is 393 g/mol. The van der Waals surface area contributed by atoms with Crippen LogP contribution in [0.2, 0.25) is 0 Å². The maximum Gasteiger partial charge on any atom is 0.242 e. The van der Waals surface area contributed by atoms with Crippen molar-refractivity contribution in [2.75, 3.05) is 11.9 Å². The van der Waals surface area contributed by atoms with Gasteiger partial charge in [-0.25, -0.2) is 13.1 Å². The van der Waals surface area contributed by atoms with Crippen molar-refractivity contribution in [1.29, 1.82) is 5.26 Å². The molecule has 0 heterocycles. The summed E-state index contributed by atoms with van der Waals surface area (Å²) in [5.41, 5.74) is 0.563. The van der Waals surface area contributed by atoms with Gasteiger partial charge in [-0.05, 0) is 30.3 Å². The number of amides is 1. The summed E-state index contributed by atoms with van der Waals surface area (Å²) in [6, 6.07) is 14.5. The predicted molar refractivity (Wildman–Crippen MR) is 89.1 cm³/mol. The molecule has 0 saturated heterocycles. The highest BCUT2D eigenvalue weighted by Gasteiger charge is 2.19. The molecular formula is C15H12BrN3O3S. The molecule has 6 nitrogen and oxygen atoms in total. The summed E-state index contributed by atoms with van der Waals surface area (Å²) in [7, 11) is -3.94. The lowest BCUT2D eigenvalue weighted by Gasteiger charge is -2.09. The van der Waals surface area contributed by atoms with Gasteiger partial charge in [0.1, 0.15) is 6.07 Å². The van der Waals surface area contributed by atoms with Crippen molar-refractivity contribution in [2.24, 2.45) is 0 Å². The van der Waals surface area contributed by atoms with E-state index in [4.69, 9.17) is 5.26 Å². The maximum atomic E-state index is 12.2. The molecule has 0 aliphatic rings. The molecule has 23 heavy (non-hydrogen) atoms. The minimum absolute atomic E-state index is 0.0207. The van der Waals surface area contributed by atoms with Crippen LogP contribution in [-0.2, 0) is 14.8 Å². The number of rotatable bonds is 5. The molecule has 2 aromatic carbocycles. The van der Waals surface area contributed by atoms with Gasteiger partial charge >= 0.3 is 0 Å². The molecule has 0 saturated carbocycles. The van der Waals surface area contributed by atoms with Crippen molar-refractivity contribution in [1.82, 2.24) is 4.72 Å². The number of carbonyl (C=O) groups excluding carboxylic acids is 1. The third-order valence-corrected chi connectivity index (χ3v) is 4.78. The molecule has 2 aromatic rings. The normalized spacial score (nSPS) is 10.8. The second-order valence-electron chi connectivity index (χ2n) is 4.49. The van der Waals surface area contributed by atoms with Gasteiger partial charge in [0, 0.05) is 10.2 Å². The molecule has 0 aliphatic heterocycles. The molecule has 0 unspecified atom stereocenters. The van der Waals surface area contributed by atoms with Crippen LogP contribution >= 0.6 is 15.9 Å². The quantitative estimate of drug-likeness (QED) is 0.813. The highest BCUT2D eigenvalue weighted by Crippen LogP contribution is 2.16. The lowest BCUT2D eigenvalue weighted by atomic mass is 10.2. The zero-order valence-electron chi connectivity index (χ0n) is 11.8. The van der Waals surface area contributed by atoms with Crippen LogP contribution in [0.15, 0.2) is 57.9 Å². The molecule has 1 amide bonds. The number of hydrogen-bond donors (Lipinski definition) is 2. The Hall–Kier alpha value is -2.21. The largest absolute Gasteiger partial charge is 0.325 e. The van der Waals surface area contributed by atoms with Crippen LogP contribution in [0.1, 0.15) is 5.56 Å². The van der Waals surface area contributed by atoms with E-state index in [1.807, 2.05) is 6.07 Å². The summed E-state index contributed by atoms with van der Waals surface area (Å²) >= 11 is 3.28. The van der Waals surface area contributed by atoms with Crippen LogP contribution in [0.25, 0.3) is 0 Å². The van der Waals surface area contributed by atoms with Gasteiger partial charge in [-0.3, -0.25) is 4.79 Å². The average Bonchev–Trinajstić information content (AvgIpc) is 2.53. The molecule has 0 aromatic heterocycles. The van der Waals surface area contributed by atoms with Crippen LogP contribution < -0.4 is 10.0 Å². The smallest absolute Gasteiger partial charge is 0.242 e. The molecule has 0 fully saturated rings. The van der Waals surface area contributed by atoms with Crippen molar-refractivity contribution < 1.29 is 13.2 Å². The molecule has 0 bridgehead atoms. The van der Waals surface area contributed by atoms with Gasteiger partial charge < -0.3 is 5.32 Å². The van der Waals surface area contributed by atoms with Crippen molar-refractivity contribution in [2.45, 2.75) is 4.90 Å². The lowest BCUT2D eigenvalue weighted by molar-refractivity contribution is -0.115. The van der Waals surface area contributed by atoms with E-state index in [9.17, 15) is 13.2 Å². The first-order valence-corrected chi connectivity index (χ1v) is 8.74. The van der Waals surface area contributed by atoms with Crippen molar-refractivity contribution in [3.63, 3.8) is 0 Å². The third-order valence-electron chi connectivity index (χ3n) is 2.83. The number of carbonyl (C=O) groups is 1. The Morgan fingerprint density at radius 3 is 2.61 bits per heavy atom. The fourth-order valence-electron chi connectivity index (χ4n) is 1.80. The highest BCUT2D eigenvalue weighted by atomic mass is 79.9. The first-order valence-electron chi connectivity index (χ1n) is 6.46. The predicted octanol–water partition coefficient (Wildman–Crippen LogP) is 2.24. The van der Waals surface area contributed by atoms with E-state index < -0.39 is 22.5 Å². The van der Waals surface area contributed by atoms with Crippen molar-refractivity contribution >= 4 is 37.5 Å². The number of sulfonamides is 1. The summed E-state index contributed by atoms with van der Waals surface area (Å²) in [5, 5.41) is 11.5. The second-order valence-corrected chi connectivity index (χ2v) is 7.14. The Labute approximate surface area is 142 Å². The maximum absolute atomic E-state index is 12.2. The van der Waals surface area contributed by atoms with Crippen LogP contribution in [0.5, 0.6) is 0 Å². The number of hydrogen-bond acceptors (Lipinski definition) is 4. The summed E-state index contributed by atoms with van der Waals surface area (Å²) < 4.78 is 27.3. The Morgan fingerprint density at radius 1 is 1.17 bits per heavy atom. The fraction of sp³-hybridized carbons (Fsp3) is 0.0667. The van der Waals surface area contributed by atoms with Gasteiger partial charge in [-0.1, -0.05) is 34.1 Å². The van der Waals surface area contributed by atoms with E-state index in [-0.39, 0.29) is 10.5 Å². The number of nitrogens with zero attached hydrogens (tertiary/aromatic N) is 1. The molecule has 0 aliphatic carbocycles. The van der Waals surface area contributed by atoms with E-state index in [0.717, 1.165) is 4.47 Å². The topological polar surface area (TPSA) is 99.1 Å². The minimum Gasteiger partial charge on any atom is -0.325 e. The van der Waals surface area contributed by atoms with Gasteiger partial charge in [0.2, 0.25) is 15.9 Å². The SMILES string of the molecule is N#Cc1ccccc1S(=O)(=O)NCC(=O)Nc1cccc(Br)c1. The van der Waals surface area contributed by atoms with Crippen molar-refractivity contribution in [3.8, 4) is 6.07 Å². The first kappa shape index (κ1) is 17.1. The second kappa shape index (κ2) is 7.37. The van der Waals surface area contributed by atoms with Gasteiger partial charge in [-0.15, -0.1) is 0 Å². The Morgan fingerprint density at radius 2 is 1.91 bits per heavy atom. The molecule has 8 heteroatoms. The molecule has 0 atom stereocenters. The molecule has 0 radical (unpaired) electrons. The fourth-order valence-corrected chi connectivity index (χ4v) is 3.34. The Balaban J connectivity index is 2.05. The third kappa shape index (κ3) is 4.63. The van der Waals surface area contributed by atoms with Gasteiger partial charge in [0.15, 0.2) is 0 Å². The van der Waals surface area contributed by atoms with Gasteiger partial charge in [0.25, 0.3) is 0 Å². The number of anilines is 1. The zero-order chi connectivity index (χ0) is 16.9. The van der Waals surface area contributed by atoms with E-state index in [2.05, 4.69) is 26.0 Å². The summed E-state index contributed by atoms with van der Waals surface area (Å²) in [4.78, 5) is 11.7. The number of nitriles is 1. The van der Waals surface area contributed by atoms with Crippen molar-refractivity contribution in [3.05, 3.63) is 58.6 Å². The van der Waals surface area contributed by atoms with E-state index >= 15 is 0 Å². The number of nitrogens with one attached hydrogen (secondary N) is 2. The van der Waals surface area contributed by atoms with Crippen LogP contribution in [-0.4, -0.2) is 20.9 Å². The Kier molecular flexibility index (Phi) is 5.50. The first-order chi connectivity index (χ1) is 10.9. The highest BCUT2D eigenvalue weighted by molar-refractivity contribution is 9.10. The van der Waals surface area contributed by atoms with E-state index in [1.54, 1.807) is 30.3 Å². The molecule has 118 valence electrons. The minimum atomic E-state index is -3.94. The molecule has 2 rings (SSSR count). The van der Waals surface area contributed by atoms with E-state index in [0.29, 0.717) is 5.69 Å². The van der Waals surface area contributed by atoms with Crippen LogP contribution in [0.3, 0.4) is 0 Å². The zero-order valence-corrected chi connectivity index (χ0v) is 14.2. The Bertz CT molecular complexity index is 876. The molecule has 0 spiro atoms. The standard InChI is InChI=1S/C15H12BrN3O3S/c16-12-5-3-6-13(8-12)19-15(20)10-18-23(21,22)14-7-2-1-4-11(14)9-17/h1-8,18H,10H2,(H,19,20). The summed E-state index contributed by atoms with van der Waals surface area (Å²) in [6.45, 7) is -0.436. The number of halogens is 1. The summed E-state index contributed by atoms with van der Waals surface area (Å²) in [6.07, 6.45) is 0. The number of benzene rings is 2. The van der Waals surface area contributed by atoms with E-state index in [1.165, 1.54) is 18.2 Å². The molecular weight excluding hydrogens is 382 g/mol. The van der Waals surface area contributed by atoms with Crippen LogP contribution in [0.4, 0.5) is 5.69 Å². The lowest BCUT2D eigenvalue weighted by Crippen LogP contribution is -2.33. The van der Waals surface area contributed by atoms with Gasteiger partial charge in [-0.2, -0.15) is 5.26 Å². The van der Waals surface area contributed by atoms with Crippen LogP contribution in [0, 0.1) is 11.3 Å². The van der Waals surface area contributed by atoms with Gasteiger partial charge in [0.05, 0.1) is 17.0 Å².